The Morgan fingerprint density at radius 2 is 2.05 bits per heavy atom. The van der Waals surface area contributed by atoms with Gasteiger partial charge in [-0.1, -0.05) is 13.8 Å². The van der Waals surface area contributed by atoms with Crippen LogP contribution < -0.4 is 0 Å². The van der Waals surface area contributed by atoms with Crippen molar-refractivity contribution in [3.05, 3.63) is 11.6 Å². The normalized spacial score (nSPS) is 17.0. The van der Waals surface area contributed by atoms with E-state index in [9.17, 15) is 9.59 Å². The van der Waals surface area contributed by atoms with Crippen molar-refractivity contribution < 1.29 is 14.7 Å². The fraction of sp³-hybridized carbons (Fsp3) is 0.692. The maximum Gasteiger partial charge on any atom is 0.317 e. The molecule has 1 amide bonds. The Morgan fingerprint density at radius 1 is 1.29 bits per heavy atom. The van der Waals surface area contributed by atoms with E-state index in [-0.39, 0.29) is 24.2 Å². The van der Waals surface area contributed by atoms with E-state index >= 15 is 0 Å². The number of aromatic nitrogens is 3. The highest BCUT2D eigenvalue weighted by molar-refractivity contribution is 5.90. The van der Waals surface area contributed by atoms with Crippen LogP contribution in [0.25, 0.3) is 0 Å². The lowest BCUT2D eigenvalue weighted by atomic mass is 10.2. The monoisotopic (exact) mass is 295 g/mol. The van der Waals surface area contributed by atoms with Gasteiger partial charge >= 0.3 is 5.97 Å². The predicted octanol–water partition coefficient (Wildman–Crippen LogP) is 0.161. The number of carbonyl (C=O) groups is 2. The van der Waals surface area contributed by atoms with Gasteiger partial charge in [0, 0.05) is 32.1 Å². The van der Waals surface area contributed by atoms with Gasteiger partial charge in [0.15, 0.2) is 0 Å². The van der Waals surface area contributed by atoms with E-state index in [1.807, 2.05) is 18.7 Å². The first-order valence-corrected chi connectivity index (χ1v) is 7.13. The summed E-state index contributed by atoms with van der Waals surface area (Å²) in [6.07, 6.45) is 0.750. The van der Waals surface area contributed by atoms with Gasteiger partial charge in [-0.3, -0.25) is 19.6 Å². The van der Waals surface area contributed by atoms with Gasteiger partial charge in [-0.25, -0.2) is 4.98 Å². The molecular formula is C13H21N5O3. The quantitative estimate of drug-likeness (QED) is 0.820. The molecule has 8 nitrogen and oxygen atoms in total. The summed E-state index contributed by atoms with van der Waals surface area (Å²) in [4.78, 5) is 30.8. The van der Waals surface area contributed by atoms with Gasteiger partial charge in [-0.15, -0.1) is 5.10 Å². The molecule has 1 saturated heterocycles. The first-order chi connectivity index (χ1) is 9.97. The molecule has 2 N–H and O–H groups in total. The molecule has 1 fully saturated rings. The molecule has 2 heterocycles. The highest BCUT2D eigenvalue weighted by Crippen LogP contribution is 2.10. The van der Waals surface area contributed by atoms with E-state index in [1.165, 1.54) is 0 Å². The molecule has 1 aliphatic rings. The highest BCUT2D eigenvalue weighted by atomic mass is 16.4. The van der Waals surface area contributed by atoms with Gasteiger partial charge < -0.3 is 10.0 Å². The second kappa shape index (κ2) is 6.66. The highest BCUT2D eigenvalue weighted by Gasteiger charge is 2.24. The third kappa shape index (κ3) is 4.01. The summed E-state index contributed by atoms with van der Waals surface area (Å²) in [5, 5.41) is 15.6. The van der Waals surface area contributed by atoms with Crippen molar-refractivity contribution in [3.63, 3.8) is 0 Å². The van der Waals surface area contributed by atoms with Crippen LogP contribution in [-0.2, 0) is 4.79 Å². The van der Waals surface area contributed by atoms with E-state index in [0.29, 0.717) is 32.0 Å². The van der Waals surface area contributed by atoms with Crippen molar-refractivity contribution in [3.8, 4) is 0 Å². The summed E-state index contributed by atoms with van der Waals surface area (Å²) in [5.74, 6) is 0.0287. The average molecular weight is 295 g/mol. The third-order valence-corrected chi connectivity index (χ3v) is 3.48. The molecule has 1 aromatic heterocycles. The molecule has 0 aromatic carbocycles. The predicted molar refractivity (Wildman–Crippen MR) is 75.1 cm³/mol. The van der Waals surface area contributed by atoms with Crippen LogP contribution in [0.4, 0.5) is 0 Å². The molecule has 0 bridgehead atoms. The molecule has 1 aromatic rings. The minimum Gasteiger partial charge on any atom is -0.480 e. The van der Waals surface area contributed by atoms with Gasteiger partial charge in [0.05, 0.1) is 6.54 Å². The number of carboxylic acid groups (broad SMARTS) is 1. The molecule has 0 saturated carbocycles. The van der Waals surface area contributed by atoms with Crippen LogP contribution in [0.5, 0.6) is 0 Å². The summed E-state index contributed by atoms with van der Waals surface area (Å²) < 4.78 is 0. The second-order valence-corrected chi connectivity index (χ2v) is 5.51. The minimum absolute atomic E-state index is 0.0141. The summed E-state index contributed by atoms with van der Waals surface area (Å²) in [5.41, 5.74) is 0. The number of H-pyrrole nitrogens is 1. The summed E-state index contributed by atoms with van der Waals surface area (Å²) >= 11 is 0. The van der Waals surface area contributed by atoms with E-state index in [2.05, 4.69) is 15.2 Å². The Hall–Kier alpha value is -1.96. The fourth-order valence-corrected chi connectivity index (χ4v) is 2.29. The van der Waals surface area contributed by atoms with Gasteiger partial charge in [-0.05, 0) is 6.42 Å². The smallest absolute Gasteiger partial charge is 0.317 e. The standard InChI is InChI=1S/C13H21N5O3/c1-9(2)11-14-12(16-15-11)13(21)18-5-3-4-17(6-7-18)8-10(19)20/h9H,3-8H2,1-2H3,(H,19,20)(H,14,15,16). The van der Waals surface area contributed by atoms with Crippen molar-refractivity contribution in [1.29, 1.82) is 0 Å². The van der Waals surface area contributed by atoms with Crippen LogP contribution >= 0.6 is 0 Å². The Kier molecular flexibility index (Phi) is 4.89. The van der Waals surface area contributed by atoms with Gasteiger partial charge in [-0.2, -0.15) is 0 Å². The molecule has 2 rings (SSSR count). The fourth-order valence-electron chi connectivity index (χ4n) is 2.29. The van der Waals surface area contributed by atoms with Crippen LogP contribution in [0.1, 0.15) is 42.6 Å². The summed E-state index contributed by atoms with van der Waals surface area (Å²) in [6.45, 7) is 6.30. The Morgan fingerprint density at radius 3 is 2.67 bits per heavy atom. The molecule has 8 heteroatoms. The topological polar surface area (TPSA) is 102 Å². The van der Waals surface area contributed by atoms with Crippen LogP contribution in [-0.4, -0.2) is 74.7 Å². The zero-order valence-corrected chi connectivity index (χ0v) is 12.4. The first kappa shape index (κ1) is 15.4. The van der Waals surface area contributed by atoms with Crippen molar-refractivity contribution in [1.82, 2.24) is 25.0 Å². The Bertz CT molecular complexity index is 514. The van der Waals surface area contributed by atoms with E-state index in [4.69, 9.17) is 5.11 Å². The first-order valence-electron chi connectivity index (χ1n) is 7.13. The average Bonchev–Trinajstić information content (AvgIpc) is 2.80. The number of nitrogens with zero attached hydrogens (tertiary/aromatic N) is 4. The van der Waals surface area contributed by atoms with Gasteiger partial charge in [0.2, 0.25) is 5.82 Å². The molecule has 0 spiro atoms. The van der Waals surface area contributed by atoms with Crippen LogP contribution in [0.2, 0.25) is 0 Å². The Balaban J connectivity index is 1.97. The molecule has 116 valence electrons. The molecule has 1 aliphatic heterocycles. The van der Waals surface area contributed by atoms with Crippen molar-refractivity contribution in [2.75, 3.05) is 32.7 Å². The molecular weight excluding hydrogens is 274 g/mol. The number of aliphatic carboxylic acids is 1. The zero-order valence-electron chi connectivity index (χ0n) is 12.4. The van der Waals surface area contributed by atoms with Gasteiger partial charge in [0.1, 0.15) is 5.82 Å². The zero-order chi connectivity index (χ0) is 15.4. The number of aromatic amines is 1. The van der Waals surface area contributed by atoms with Gasteiger partial charge in [0.25, 0.3) is 5.91 Å². The molecule has 21 heavy (non-hydrogen) atoms. The SMILES string of the molecule is CC(C)c1nc(C(=O)N2CCCN(CC(=O)O)CC2)n[nH]1. The Labute approximate surface area is 123 Å². The van der Waals surface area contributed by atoms with Crippen LogP contribution in [0.3, 0.4) is 0 Å². The number of carbonyl (C=O) groups excluding carboxylic acids is 1. The van der Waals surface area contributed by atoms with Crippen molar-refractivity contribution in [2.24, 2.45) is 0 Å². The summed E-state index contributed by atoms with van der Waals surface area (Å²) in [7, 11) is 0. The lowest BCUT2D eigenvalue weighted by Gasteiger charge is -2.19. The molecule has 0 unspecified atom stereocenters. The molecule has 0 aliphatic carbocycles. The number of hydrogen-bond acceptors (Lipinski definition) is 5. The third-order valence-electron chi connectivity index (χ3n) is 3.48. The van der Waals surface area contributed by atoms with E-state index in [1.54, 1.807) is 4.90 Å². The van der Waals surface area contributed by atoms with Crippen molar-refractivity contribution >= 4 is 11.9 Å². The maximum atomic E-state index is 12.4. The number of carboxylic acids is 1. The van der Waals surface area contributed by atoms with Crippen LogP contribution in [0.15, 0.2) is 0 Å². The van der Waals surface area contributed by atoms with Crippen LogP contribution in [0, 0.1) is 0 Å². The second-order valence-electron chi connectivity index (χ2n) is 5.51. The lowest BCUT2D eigenvalue weighted by molar-refractivity contribution is -0.138. The van der Waals surface area contributed by atoms with E-state index < -0.39 is 5.97 Å². The largest absolute Gasteiger partial charge is 0.480 e. The number of rotatable bonds is 4. The molecule has 0 atom stereocenters. The maximum absolute atomic E-state index is 12.4. The van der Waals surface area contributed by atoms with E-state index in [0.717, 1.165) is 6.42 Å². The lowest BCUT2D eigenvalue weighted by Crippen LogP contribution is -2.37. The number of nitrogens with one attached hydrogen (secondary N) is 1. The minimum atomic E-state index is -0.842. The number of amides is 1. The summed E-state index contributed by atoms with van der Waals surface area (Å²) in [6, 6.07) is 0. The molecule has 0 radical (unpaired) electrons. The number of hydrogen-bond donors (Lipinski definition) is 2. The van der Waals surface area contributed by atoms with Crippen molar-refractivity contribution in [2.45, 2.75) is 26.2 Å².